The van der Waals surface area contributed by atoms with Crippen LogP contribution in [-0.2, 0) is 18.3 Å². The number of nitrogens with zero attached hydrogens (tertiary/aromatic N) is 2. The van der Waals surface area contributed by atoms with Gasteiger partial charge >= 0.3 is 5.97 Å². The zero-order chi connectivity index (χ0) is 14.5. The van der Waals surface area contributed by atoms with Crippen molar-refractivity contribution in [3.63, 3.8) is 0 Å². The fraction of sp³-hybridized carbons (Fsp3) is 0.429. The van der Waals surface area contributed by atoms with Gasteiger partial charge < -0.3 is 14.5 Å². The minimum absolute atomic E-state index is 0.0509. The summed E-state index contributed by atoms with van der Waals surface area (Å²) in [6, 6.07) is 3.81. The highest BCUT2D eigenvalue weighted by Crippen LogP contribution is 2.15. The number of hydrogen-bond acceptors (Lipinski definition) is 5. The van der Waals surface area contributed by atoms with Crippen molar-refractivity contribution in [3.8, 4) is 0 Å². The highest BCUT2D eigenvalue weighted by molar-refractivity contribution is 5.90. The number of rotatable bonds is 6. The molecule has 0 unspecified atom stereocenters. The molecule has 6 nitrogen and oxygen atoms in total. The molecule has 0 aliphatic rings. The normalized spacial score (nSPS) is 12.3. The van der Waals surface area contributed by atoms with Crippen LogP contribution in [0.4, 0.5) is 0 Å². The molecule has 0 bridgehead atoms. The highest BCUT2D eigenvalue weighted by Gasteiger charge is 2.18. The third kappa shape index (κ3) is 3.08. The summed E-state index contributed by atoms with van der Waals surface area (Å²) in [6.45, 7) is 4.64. The van der Waals surface area contributed by atoms with Gasteiger partial charge in [-0.25, -0.2) is 4.79 Å². The van der Waals surface area contributed by atoms with Gasteiger partial charge in [0.2, 0.25) is 0 Å². The molecule has 0 radical (unpaired) electrons. The van der Waals surface area contributed by atoms with Crippen LogP contribution in [0.5, 0.6) is 0 Å². The highest BCUT2D eigenvalue weighted by atomic mass is 16.5. The van der Waals surface area contributed by atoms with Crippen molar-refractivity contribution in [1.82, 2.24) is 15.1 Å². The lowest BCUT2D eigenvalue weighted by molar-refractivity contribution is 0.0524. The van der Waals surface area contributed by atoms with Gasteiger partial charge in [-0.2, -0.15) is 5.10 Å². The van der Waals surface area contributed by atoms with E-state index in [9.17, 15) is 4.79 Å². The number of carbonyl (C=O) groups is 1. The van der Waals surface area contributed by atoms with E-state index in [0.29, 0.717) is 18.7 Å². The number of ether oxygens (including phenoxy) is 1. The SMILES string of the molecule is CCOC(=O)c1cnn(C)c1CN[C@@H](C)c1ccco1. The van der Waals surface area contributed by atoms with Crippen molar-refractivity contribution in [1.29, 1.82) is 0 Å². The summed E-state index contributed by atoms with van der Waals surface area (Å²) in [5.74, 6) is 0.507. The average Bonchev–Trinajstić information content (AvgIpc) is 3.06. The molecule has 2 rings (SSSR count). The Labute approximate surface area is 117 Å². The smallest absolute Gasteiger partial charge is 0.341 e. The van der Waals surface area contributed by atoms with Crippen LogP contribution in [0.15, 0.2) is 29.0 Å². The van der Waals surface area contributed by atoms with E-state index in [1.54, 1.807) is 24.9 Å². The topological polar surface area (TPSA) is 69.3 Å². The van der Waals surface area contributed by atoms with Gasteiger partial charge in [0.1, 0.15) is 11.3 Å². The molecule has 6 heteroatoms. The van der Waals surface area contributed by atoms with Gasteiger partial charge in [0.05, 0.1) is 30.8 Å². The summed E-state index contributed by atoms with van der Waals surface area (Å²) >= 11 is 0. The number of aryl methyl sites for hydroxylation is 1. The van der Waals surface area contributed by atoms with E-state index in [0.717, 1.165) is 11.5 Å². The zero-order valence-corrected chi connectivity index (χ0v) is 11.9. The average molecular weight is 277 g/mol. The molecule has 1 N–H and O–H groups in total. The molecule has 0 aliphatic heterocycles. The molecule has 2 aromatic heterocycles. The lowest BCUT2D eigenvalue weighted by Crippen LogP contribution is -2.21. The lowest BCUT2D eigenvalue weighted by atomic mass is 10.2. The Morgan fingerprint density at radius 2 is 2.40 bits per heavy atom. The molecule has 20 heavy (non-hydrogen) atoms. The van der Waals surface area contributed by atoms with E-state index < -0.39 is 0 Å². The number of hydrogen-bond donors (Lipinski definition) is 1. The van der Waals surface area contributed by atoms with Crippen LogP contribution >= 0.6 is 0 Å². The Bertz CT molecular complexity index is 560. The number of aromatic nitrogens is 2. The molecule has 2 heterocycles. The molecular formula is C14H19N3O3. The van der Waals surface area contributed by atoms with Crippen LogP contribution in [0.3, 0.4) is 0 Å². The minimum atomic E-state index is -0.344. The second kappa shape index (κ2) is 6.38. The molecule has 0 aliphatic carbocycles. The standard InChI is InChI=1S/C14H19N3O3/c1-4-19-14(18)11-8-16-17(3)12(11)9-15-10(2)13-6-5-7-20-13/h5-8,10,15H,4,9H2,1-3H3/t10-/m0/s1. The maximum Gasteiger partial charge on any atom is 0.341 e. The predicted octanol–water partition coefficient (Wildman–Crippen LogP) is 2.04. The summed E-state index contributed by atoms with van der Waals surface area (Å²) < 4.78 is 12.0. The van der Waals surface area contributed by atoms with Crippen LogP contribution in [0.2, 0.25) is 0 Å². The maximum atomic E-state index is 11.8. The molecule has 0 spiro atoms. The molecule has 2 aromatic rings. The first-order chi connectivity index (χ1) is 9.63. The van der Waals surface area contributed by atoms with E-state index in [4.69, 9.17) is 9.15 Å². The first-order valence-corrected chi connectivity index (χ1v) is 6.58. The quantitative estimate of drug-likeness (QED) is 0.818. The molecule has 1 atom stereocenters. The Morgan fingerprint density at radius 1 is 1.60 bits per heavy atom. The zero-order valence-electron chi connectivity index (χ0n) is 11.9. The maximum absolute atomic E-state index is 11.8. The number of esters is 1. The molecule has 0 fully saturated rings. The van der Waals surface area contributed by atoms with Crippen molar-refractivity contribution in [3.05, 3.63) is 41.6 Å². The first kappa shape index (κ1) is 14.3. The van der Waals surface area contributed by atoms with Gasteiger partial charge in [-0.3, -0.25) is 4.68 Å². The summed E-state index contributed by atoms with van der Waals surface area (Å²) in [4.78, 5) is 11.8. The van der Waals surface area contributed by atoms with Crippen molar-refractivity contribution in [2.45, 2.75) is 26.4 Å². The summed E-state index contributed by atoms with van der Waals surface area (Å²) in [5.41, 5.74) is 1.29. The van der Waals surface area contributed by atoms with Crippen molar-refractivity contribution >= 4 is 5.97 Å². The van der Waals surface area contributed by atoms with Gasteiger partial charge in [0.15, 0.2) is 0 Å². The monoisotopic (exact) mass is 277 g/mol. The first-order valence-electron chi connectivity index (χ1n) is 6.58. The number of nitrogens with one attached hydrogen (secondary N) is 1. The molecule has 0 amide bonds. The van der Waals surface area contributed by atoms with Crippen molar-refractivity contribution < 1.29 is 13.9 Å². The summed E-state index contributed by atoms with van der Waals surface area (Å²) in [6.07, 6.45) is 3.17. The minimum Gasteiger partial charge on any atom is -0.468 e. The van der Waals surface area contributed by atoms with Crippen molar-refractivity contribution in [2.75, 3.05) is 6.61 Å². The predicted molar refractivity (Wildman–Crippen MR) is 73.1 cm³/mol. The van der Waals surface area contributed by atoms with Gasteiger partial charge in [0.25, 0.3) is 0 Å². The van der Waals surface area contributed by atoms with Gasteiger partial charge in [-0.05, 0) is 26.0 Å². The largest absolute Gasteiger partial charge is 0.468 e. The summed E-state index contributed by atoms with van der Waals surface area (Å²) in [7, 11) is 1.80. The molecular weight excluding hydrogens is 258 g/mol. The second-order valence-electron chi connectivity index (χ2n) is 4.47. The van der Waals surface area contributed by atoms with Gasteiger partial charge in [-0.1, -0.05) is 0 Å². The molecule has 108 valence electrons. The Hall–Kier alpha value is -2.08. The molecule has 0 saturated heterocycles. The third-order valence-corrected chi connectivity index (χ3v) is 3.10. The van der Waals surface area contributed by atoms with E-state index in [1.165, 1.54) is 6.20 Å². The van der Waals surface area contributed by atoms with E-state index in [-0.39, 0.29) is 12.0 Å². The number of furan rings is 1. The molecule has 0 saturated carbocycles. The lowest BCUT2D eigenvalue weighted by Gasteiger charge is -2.12. The van der Waals surface area contributed by atoms with Gasteiger partial charge in [-0.15, -0.1) is 0 Å². The Balaban J connectivity index is 2.05. The third-order valence-electron chi connectivity index (χ3n) is 3.10. The van der Waals surface area contributed by atoms with Crippen LogP contribution in [0.1, 0.15) is 41.7 Å². The Kier molecular flexibility index (Phi) is 4.57. The van der Waals surface area contributed by atoms with Crippen LogP contribution in [-0.4, -0.2) is 22.4 Å². The van der Waals surface area contributed by atoms with Crippen LogP contribution in [0.25, 0.3) is 0 Å². The van der Waals surface area contributed by atoms with E-state index >= 15 is 0 Å². The second-order valence-corrected chi connectivity index (χ2v) is 4.47. The molecule has 0 aromatic carbocycles. The Morgan fingerprint density at radius 3 is 3.05 bits per heavy atom. The van der Waals surface area contributed by atoms with E-state index in [2.05, 4.69) is 10.4 Å². The fourth-order valence-electron chi connectivity index (χ4n) is 1.94. The van der Waals surface area contributed by atoms with Gasteiger partial charge in [0, 0.05) is 13.6 Å². The fourth-order valence-corrected chi connectivity index (χ4v) is 1.94. The van der Waals surface area contributed by atoms with E-state index in [1.807, 2.05) is 19.1 Å². The number of carbonyl (C=O) groups excluding carboxylic acids is 1. The van der Waals surface area contributed by atoms with Crippen LogP contribution < -0.4 is 5.32 Å². The summed E-state index contributed by atoms with van der Waals surface area (Å²) in [5, 5.41) is 7.42. The van der Waals surface area contributed by atoms with Crippen LogP contribution in [0, 0.1) is 0 Å². The van der Waals surface area contributed by atoms with Crippen molar-refractivity contribution in [2.24, 2.45) is 7.05 Å².